The fourth-order valence-corrected chi connectivity index (χ4v) is 0.790. The topological polar surface area (TPSA) is 46.2 Å². The lowest BCUT2D eigenvalue weighted by molar-refractivity contribution is 0.169. The summed E-state index contributed by atoms with van der Waals surface area (Å²) in [6.45, 7) is 1.79. The van der Waals surface area contributed by atoms with Crippen molar-refractivity contribution in [2.75, 3.05) is 0 Å². The minimum Gasteiger partial charge on any atom is -0.393 e. The smallest absolute Gasteiger partial charge is 0.0555 e. The second-order valence-electron chi connectivity index (χ2n) is 2.30. The second kappa shape index (κ2) is 1.46. The molecule has 0 aromatic rings. The highest BCUT2D eigenvalue weighted by atomic mass is 16.3. The van der Waals surface area contributed by atoms with Gasteiger partial charge in [-0.05, 0) is 13.3 Å². The molecular weight excluding hydrogens is 90.1 g/mol. The molecule has 2 heteroatoms. The summed E-state index contributed by atoms with van der Waals surface area (Å²) in [5.41, 5.74) is 5.41. The van der Waals surface area contributed by atoms with E-state index in [-0.39, 0.29) is 6.10 Å². The molecule has 1 fully saturated rings. The molecule has 1 aliphatic rings. The Morgan fingerprint density at radius 2 is 2.29 bits per heavy atom. The third kappa shape index (κ3) is 0.924. The largest absolute Gasteiger partial charge is 0.393 e. The van der Waals surface area contributed by atoms with Crippen LogP contribution in [-0.2, 0) is 0 Å². The van der Waals surface area contributed by atoms with Crippen molar-refractivity contribution in [3.05, 3.63) is 0 Å². The third-order valence-corrected chi connectivity index (χ3v) is 1.51. The predicted octanol–water partition coefficient (Wildman–Crippen LogP) is -0.286. The van der Waals surface area contributed by atoms with Crippen molar-refractivity contribution in [3.63, 3.8) is 0 Å². The third-order valence-electron chi connectivity index (χ3n) is 1.51. The standard InChI is InChI=1S/C5H11NO/c1-3(7)4-2-5(4)6/h3-5,7H,2,6H2,1H3. The lowest BCUT2D eigenvalue weighted by atomic mass is 10.3. The zero-order valence-electron chi connectivity index (χ0n) is 4.46. The molecule has 0 spiro atoms. The SMILES string of the molecule is CC(O)C1CC1N. The molecule has 3 atom stereocenters. The van der Waals surface area contributed by atoms with Crippen LogP contribution >= 0.6 is 0 Å². The summed E-state index contributed by atoms with van der Waals surface area (Å²) in [6, 6.07) is 0.292. The summed E-state index contributed by atoms with van der Waals surface area (Å²) in [4.78, 5) is 0. The van der Waals surface area contributed by atoms with Crippen LogP contribution in [0.3, 0.4) is 0 Å². The average Bonchev–Trinajstić information content (AvgIpc) is 2.17. The Hall–Kier alpha value is -0.0800. The van der Waals surface area contributed by atoms with Gasteiger partial charge in [-0.2, -0.15) is 0 Å². The number of aliphatic hydroxyl groups is 1. The van der Waals surface area contributed by atoms with Crippen molar-refractivity contribution in [1.82, 2.24) is 0 Å². The van der Waals surface area contributed by atoms with Crippen molar-refractivity contribution in [2.24, 2.45) is 11.7 Å². The summed E-state index contributed by atoms with van der Waals surface area (Å²) in [6.07, 6.45) is 0.826. The van der Waals surface area contributed by atoms with Crippen LogP contribution in [0.1, 0.15) is 13.3 Å². The van der Waals surface area contributed by atoms with E-state index >= 15 is 0 Å². The molecule has 3 unspecified atom stereocenters. The Balaban J connectivity index is 2.20. The van der Waals surface area contributed by atoms with Gasteiger partial charge >= 0.3 is 0 Å². The first-order valence-corrected chi connectivity index (χ1v) is 2.65. The van der Waals surface area contributed by atoms with Gasteiger partial charge in [0.25, 0.3) is 0 Å². The van der Waals surface area contributed by atoms with Crippen molar-refractivity contribution in [1.29, 1.82) is 0 Å². The van der Waals surface area contributed by atoms with Crippen LogP contribution < -0.4 is 5.73 Å². The van der Waals surface area contributed by atoms with Crippen LogP contribution in [0.15, 0.2) is 0 Å². The van der Waals surface area contributed by atoms with Crippen LogP contribution in [0.5, 0.6) is 0 Å². The second-order valence-corrected chi connectivity index (χ2v) is 2.30. The van der Waals surface area contributed by atoms with E-state index in [2.05, 4.69) is 0 Å². The maximum absolute atomic E-state index is 8.78. The molecule has 3 N–H and O–H groups in total. The first kappa shape index (κ1) is 5.06. The van der Waals surface area contributed by atoms with E-state index in [0.29, 0.717) is 12.0 Å². The fourth-order valence-electron chi connectivity index (χ4n) is 0.790. The van der Waals surface area contributed by atoms with E-state index in [4.69, 9.17) is 10.8 Å². The van der Waals surface area contributed by atoms with E-state index in [1.165, 1.54) is 0 Å². The summed E-state index contributed by atoms with van der Waals surface area (Å²) in [5, 5.41) is 8.78. The van der Waals surface area contributed by atoms with Crippen molar-refractivity contribution < 1.29 is 5.11 Å². The monoisotopic (exact) mass is 101 g/mol. The molecular formula is C5H11NO. The zero-order chi connectivity index (χ0) is 5.44. The lowest BCUT2D eigenvalue weighted by Crippen LogP contribution is -2.11. The maximum atomic E-state index is 8.78. The van der Waals surface area contributed by atoms with E-state index in [9.17, 15) is 0 Å². The van der Waals surface area contributed by atoms with Crippen molar-refractivity contribution >= 4 is 0 Å². The Labute approximate surface area is 43.3 Å². The van der Waals surface area contributed by atoms with Gasteiger partial charge in [0.05, 0.1) is 6.10 Å². The minimum atomic E-state index is -0.185. The van der Waals surface area contributed by atoms with Gasteiger partial charge in [-0.25, -0.2) is 0 Å². The molecule has 1 aliphatic carbocycles. The average molecular weight is 101 g/mol. The van der Waals surface area contributed by atoms with Crippen LogP contribution in [0.25, 0.3) is 0 Å². The first-order valence-electron chi connectivity index (χ1n) is 2.65. The van der Waals surface area contributed by atoms with Crippen LogP contribution in [0.2, 0.25) is 0 Å². The molecule has 0 aromatic carbocycles. The normalized spacial score (nSPS) is 43.3. The van der Waals surface area contributed by atoms with Crippen molar-refractivity contribution in [3.8, 4) is 0 Å². The molecule has 1 saturated carbocycles. The van der Waals surface area contributed by atoms with Crippen LogP contribution in [-0.4, -0.2) is 17.3 Å². The van der Waals surface area contributed by atoms with Gasteiger partial charge in [0, 0.05) is 12.0 Å². The van der Waals surface area contributed by atoms with E-state index in [1.807, 2.05) is 0 Å². The van der Waals surface area contributed by atoms with E-state index in [1.54, 1.807) is 6.92 Å². The molecule has 7 heavy (non-hydrogen) atoms. The molecule has 0 aliphatic heterocycles. The summed E-state index contributed by atoms with van der Waals surface area (Å²) < 4.78 is 0. The van der Waals surface area contributed by atoms with Gasteiger partial charge in [0.2, 0.25) is 0 Å². The molecule has 0 aromatic heterocycles. The Kier molecular flexibility index (Phi) is 1.05. The molecule has 0 bridgehead atoms. The van der Waals surface area contributed by atoms with E-state index < -0.39 is 0 Å². The predicted molar refractivity (Wildman–Crippen MR) is 27.8 cm³/mol. The summed E-state index contributed by atoms with van der Waals surface area (Å²) >= 11 is 0. The molecule has 0 radical (unpaired) electrons. The molecule has 0 saturated heterocycles. The van der Waals surface area contributed by atoms with Gasteiger partial charge < -0.3 is 10.8 Å². The lowest BCUT2D eigenvalue weighted by Gasteiger charge is -1.96. The summed E-state index contributed by atoms with van der Waals surface area (Å²) in [5.74, 6) is 0.403. The van der Waals surface area contributed by atoms with Gasteiger partial charge in [-0.1, -0.05) is 0 Å². The zero-order valence-corrected chi connectivity index (χ0v) is 4.46. The Morgan fingerprint density at radius 3 is 2.29 bits per heavy atom. The number of hydrogen-bond acceptors (Lipinski definition) is 2. The molecule has 2 nitrogen and oxygen atoms in total. The van der Waals surface area contributed by atoms with Gasteiger partial charge in [-0.3, -0.25) is 0 Å². The van der Waals surface area contributed by atoms with Crippen LogP contribution in [0, 0.1) is 5.92 Å². The molecule has 0 amide bonds. The maximum Gasteiger partial charge on any atom is 0.0555 e. The van der Waals surface area contributed by atoms with Crippen LogP contribution in [0.4, 0.5) is 0 Å². The van der Waals surface area contributed by atoms with Gasteiger partial charge in [0.1, 0.15) is 0 Å². The molecule has 1 rings (SSSR count). The number of nitrogens with two attached hydrogens (primary N) is 1. The Morgan fingerprint density at radius 1 is 1.86 bits per heavy atom. The molecule has 42 valence electrons. The van der Waals surface area contributed by atoms with Gasteiger partial charge in [0.15, 0.2) is 0 Å². The van der Waals surface area contributed by atoms with E-state index in [0.717, 1.165) is 6.42 Å². The van der Waals surface area contributed by atoms with Crippen molar-refractivity contribution in [2.45, 2.75) is 25.5 Å². The Bertz CT molecular complexity index is 72.5. The number of hydrogen-bond donors (Lipinski definition) is 2. The highest BCUT2D eigenvalue weighted by Crippen LogP contribution is 2.30. The minimum absolute atomic E-state index is 0.185. The fraction of sp³-hybridized carbons (Fsp3) is 1.00. The highest BCUT2D eigenvalue weighted by Gasteiger charge is 2.36. The summed E-state index contributed by atoms with van der Waals surface area (Å²) in [7, 11) is 0. The van der Waals surface area contributed by atoms with Gasteiger partial charge in [-0.15, -0.1) is 0 Å². The highest BCUT2D eigenvalue weighted by molar-refractivity contribution is 4.92. The first-order chi connectivity index (χ1) is 3.22. The number of aliphatic hydroxyl groups excluding tert-OH is 1. The quantitative estimate of drug-likeness (QED) is 0.477. The molecule has 0 heterocycles. The number of rotatable bonds is 1.